The molecule has 2 unspecified atom stereocenters. The lowest BCUT2D eigenvalue weighted by atomic mass is 9.63. The van der Waals surface area contributed by atoms with Gasteiger partial charge in [-0.3, -0.25) is 16.4 Å². The Hall–Kier alpha value is -4.02. The molecule has 2 fully saturated rings. The summed E-state index contributed by atoms with van der Waals surface area (Å²) in [5.74, 6) is 2.82. The van der Waals surface area contributed by atoms with Gasteiger partial charge in [0.25, 0.3) is 0 Å². The third-order valence-electron chi connectivity index (χ3n) is 13.9. The molecule has 0 aromatic heterocycles. The van der Waals surface area contributed by atoms with E-state index < -0.39 is 0 Å². The van der Waals surface area contributed by atoms with Crippen LogP contribution >= 0.6 is 0 Å². The molecule has 0 saturated heterocycles. The zero-order chi connectivity index (χ0) is 47.3. The minimum absolute atomic E-state index is 0. The number of aryl methyl sites for hydroxylation is 4. The van der Waals surface area contributed by atoms with E-state index in [-0.39, 0.29) is 34.7 Å². The molecule has 0 spiro atoms. The Morgan fingerprint density at radius 2 is 1.34 bits per heavy atom. The SMILES string of the molecule is C.C=C1CC[C@@H](C2Cc3cc(C)ccc3C2=C)C(=C)C1.C=CC.CC.CC.CCC1=CCC(C)(CCc2cccc([C@H](C)C3CCC3)c2)C(C(C)(C)C)=C1.CCc1ccc(CC)cc1.[OH].[OH].[OH]. The normalized spacial score (nSPS) is 19.4. The van der Waals surface area contributed by atoms with Gasteiger partial charge in [-0.2, -0.15) is 0 Å². The molecule has 0 bridgehead atoms. The first-order valence-corrected chi connectivity index (χ1v) is 25.4. The van der Waals surface area contributed by atoms with Crippen molar-refractivity contribution in [3.63, 3.8) is 0 Å². The fraction of sp³-hybridized carbons (Fsp3) is 0.531. The Morgan fingerprint density at radius 3 is 1.82 bits per heavy atom. The van der Waals surface area contributed by atoms with Crippen LogP contribution in [0.2, 0.25) is 0 Å². The average molecular weight is 919 g/mol. The Kier molecular flexibility index (Phi) is 33.6. The van der Waals surface area contributed by atoms with E-state index in [1.165, 1.54) is 101 Å². The van der Waals surface area contributed by atoms with E-state index in [9.17, 15) is 0 Å². The van der Waals surface area contributed by atoms with E-state index in [4.69, 9.17) is 0 Å². The summed E-state index contributed by atoms with van der Waals surface area (Å²) in [6.45, 7) is 46.9. The molecule has 375 valence electrons. The highest BCUT2D eigenvalue weighted by Crippen LogP contribution is 2.49. The first kappa shape index (κ1) is 67.3. The molecule has 3 nitrogen and oxygen atoms in total. The Balaban J connectivity index is -0.000000896. The van der Waals surface area contributed by atoms with E-state index in [2.05, 4.69) is 168 Å². The van der Waals surface area contributed by atoms with Gasteiger partial charge >= 0.3 is 0 Å². The van der Waals surface area contributed by atoms with Crippen molar-refractivity contribution < 1.29 is 16.4 Å². The van der Waals surface area contributed by atoms with Crippen LogP contribution < -0.4 is 0 Å². The van der Waals surface area contributed by atoms with Crippen molar-refractivity contribution in [2.24, 2.45) is 28.6 Å². The highest BCUT2D eigenvalue weighted by molar-refractivity contribution is 5.73. The van der Waals surface area contributed by atoms with Gasteiger partial charge in [0.2, 0.25) is 0 Å². The second kappa shape index (κ2) is 33.5. The van der Waals surface area contributed by atoms with Crippen molar-refractivity contribution in [3.8, 4) is 0 Å². The highest BCUT2D eigenvalue weighted by Gasteiger charge is 2.37. The van der Waals surface area contributed by atoms with Crippen molar-refractivity contribution in [2.75, 3.05) is 0 Å². The van der Waals surface area contributed by atoms with Crippen LogP contribution in [-0.4, -0.2) is 16.4 Å². The molecule has 3 aromatic carbocycles. The summed E-state index contributed by atoms with van der Waals surface area (Å²) < 4.78 is 0. The first-order chi connectivity index (χ1) is 30.1. The Morgan fingerprint density at radius 1 is 0.776 bits per heavy atom. The highest BCUT2D eigenvalue weighted by atomic mass is 16.0. The molecule has 0 amide bonds. The minimum atomic E-state index is 0. The van der Waals surface area contributed by atoms with Gasteiger partial charge in [-0.15, -0.1) is 6.58 Å². The third-order valence-corrected chi connectivity index (χ3v) is 13.9. The maximum Gasteiger partial charge on any atom is -0.00554 e. The number of fused-ring (bicyclic) bond motifs is 1. The number of benzene rings is 3. The molecule has 0 aliphatic heterocycles. The summed E-state index contributed by atoms with van der Waals surface area (Å²) in [4.78, 5) is 0. The molecule has 3 aromatic rings. The second-order valence-corrected chi connectivity index (χ2v) is 19.6. The van der Waals surface area contributed by atoms with Crippen LogP contribution in [0.4, 0.5) is 0 Å². The van der Waals surface area contributed by atoms with Gasteiger partial charge in [0.1, 0.15) is 0 Å². The Bertz CT molecular complexity index is 1920. The fourth-order valence-corrected chi connectivity index (χ4v) is 9.90. The molecule has 2 saturated carbocycles. The van der Waals surface area contributed by atoms with E-state index >= 15 is 0 Å². The van der Waals surface area contributed by atoms with E-state index in [0.717, 1.165) is 50.4 Å². The lowest BCUT2D eigenvalue weighted by Gasteiger charge is -2.42. The quantitative estimate of drug-likeness (QED) is 0.179. The minimum Gasteiger partial charge on any atom is -0.255 e. The smallest absolute Gasteiger partial charge is 0.00554 e. The zero-order valence-electron chi connectivity index (χ0n) is 44.8. The van der Waals surface area contributed by atoms with Crippen molar-refractivity contribution in [3.05, 3.63) is 173 Å². The van der Waals surface area contributed by atoms with Crippen molar-refractivity contribution in [1.29, 1.82) is 0 Å². The lowest BCUT2D eigenvalue weighted by Crippen LogP contribution is -2.30. The molecule has 7 rings (SSSR count). The summed E-state index contributed by atoms with van der Waals surface area (Å²) in [6.07, 6.45) is 22.6. The topological polar surface area (TPSA) is 90.0 Å². The van der Waals surface area contributed by atoms with Crippen LogP contribution in [0.15, 0.2) is 134 Å². The van der Waals surface area contributed by atoms with Crippen LogP contribution in [-0.2, 0) is 25.7 Å². The Labute approximate surface area is 415 Å². The summed E-state index contributed by atoms with van der Waals surface area (Å²) in [5, 5.41) is 0. The maximum absolute atomic E-state index is 4.37. The van der Waals surface area contributed by atoms with Gasteiger partial charge in [0.15, 0.2) is 0 Å². The standard InChI is InChI=1S/C27H40.C19H22.C10H14.C3H6.2C2H6.CH4.3HO/c1-7-21-14-16-27(6,25(19-21)26(3,4)5)17-15-22-10-8-13-24(18-22)20(2)23-11-9-12-23;1-12-5-7-17(14(3)9-12)19-11-16-10-13(2)6-8-18(16)15(19)4;1-3-9-5-7-10(4-2)8-6-9;1-3-2;2*1-2;;;;/h8,10,13-14,18-20,23H,7,9,11-12,15-17H2,1-6H3;6,8,10,17,19H,1,3-5,7,9,11H2,2H3;5-8H,3-4H2,1-2H3;3H,1H2,2H3;2*1-2H3;1H4;3*1H/t20-,27?;17-,19?;;;;;;;;/m11......../s1. The zero-order valence-corrected chi connectivity index (χ0v) is 44.8. The number of allylic oxidation sites excluding steroid dienone is 8. The predicted molar refractivity (Wildman–Crippen MR) is 298 cm³/mol. The third kappa shape index (κ3) is 19.9. The van der Waals surface area contributed by atoms with E-state index in [1.54, 1.807) is 17.2 Å². The lowest BCUT2D eigenvalue weighted by molar-refractivity contribution is 0.272. The molecule has 4 aliphatic carbocycles. The number of rotatable bonds is 9. The van der Waals surface area contributed by atoms with Gasteiger partial charge in [0, 0.05) is 0 Å². The largest absolute Gasteiger partial charge is 0.255 e. The molecule has 3 radical (unpaired) electrons. The van der Waals surface area contributed by atoms with E-state index in [0.29, 0.717) is 11.8 Å². The monoisotopic (exact) mass is 918 g/mol. The van der Waals surface area contributed by atoms with Gasteiger partial charge in [-0.25, -0.2) is 0 Å². The van der Waals surface area contributed by atoms with Crippen LogP contribution in [0.3, 0.4) is 0 Å². The van der Waals surface area contributed by atoms with Crippen LogP contribution in [0.1, 0.15) is 200 Å². The second-order valence-electron chi connectivity index (χ2n) is 19.6. The molecule has 0 heterocycles. The fourth-order valence-electron chi connectivity index (χ4n) is 9.90. The van der Waals surface area contributed by atoms with Gasteiger partial charge in [-0.05, 0) is 164 Å². The molecule has 4 aliphatic rings. The van der Waals surface area contributed by atoms with Crippen molar-refractivity contribution in [1.82, 2.24) is 0 Å². The molecule has 67 heavy (non-hydrogen) atoms. The van der Waals surface area contributed by atoms with Crippen molar-refractivity contribution >= 4 is 5.57 Å². The first-order valence-electron chi connectivity index (χ1n) is 25.4. The summed E-state index contributed by atoms with van der Waals surface area (Å²) in [6, 6.07) is 25.1. The van der Waals surface area contributed by atoms with Crippen LogP contribution in [0.25, 0.3) is 5.57 Å². The predicted octanol–water partition coefficient (Wildman–Crippen LogP) is 19.5. The summed E-state index contributed by atoms with van der Waals surface area (Å²) >= 11 is 0. The van der Waals surface area contributed by atoms with Gasteiger partial charge < -0.3 is 0 Å². The summed E-state index contributed by atoms with van der Waals surface area (Å²) in [5.41, 5.74) is 17.9. The molecule has 4 atom stereocenters. The molecule has 3 heteroatoms. The maximum atomic E-state index is 4.37. The van der Waals surface area contributed by atoms with Crippen molar-refractivity contribution in [2.45, 2.75) is 194 Å². The molecular formula is C64H101O3. The van der Waals surface area contributed by atoms with Gasteiger partial charge in [-0.1, -0.05) is 229 Å². The molecule has 3 N–H and O–H groups in total. The summed E-state index contributed by atoms with van der Waals surface area (Å²) in [7, 11) is 0. The number of hydrogen-bond acceptors (Lipinski definition) is 0. The van der Waals surface area contributed by atoms with Crippen LogP contribution in [0, 0.1) is 35.5 Å². The molecular weight excluding hydrogens is 817 g/mol. The number of hydrogen-bond donors (Lipinski definition) is 3. The van der Waals surface area contributed by atoms with Gasteiger partial charge in [0.05, 0.1) is 0 Å². The van der Waals surface area contributed by atoms with Crippen LogP contribution in [0.5, 0.6) is 0 Å². The van der Waals surface area contributed by atoms with E-state index in [1.807, 2.05) is 34.6 Å². The average Bonchev–Trinajstić information content (AvgIpc) is 3.58.